The first-order valence-electron chi connectivity index (χ1n) is 6.61. The Morgan fingerprint density at radius 3 is 1.65 bits per heavy atom. The standard InChI is InChI=1S/C10H9N.3C2H6/c11-10-7-3-5-8-4-1-2-6-9(8)10;3*1-2/h1-7H,11H2;3*1-2H3. The zero-order valence-electron chi connectivity index (χ0n) is 12.1. The second kappa shape index (κ2) is 12.6. The highest BCUT2D eigenvalue weighted by molar-refractivity contribution is 5.92. The second-order valence-electron chi connectivity index (χ2n) is 2.57. The highest BCUT2D eigenvalue weighted by Gasteiger charge is 1.92. The Kier molecular flexibility index (Phi) is 13.2. The van der Waals surface area contributed by atoms with E-state index in [-0.39, 0.29) is 0 Å². The van der Waals surface area contributed by atoms with Gasteiger partial charge in [-0.3, -0.25) is 0 Å². The second-order valence-corrected chi connectivity index (χ2v) is 2.57. The van der Waals surface area contributed by atoms with E-state index in [2.05, 4.69) is 12.1 Å². The molecule has 0 unspecified atom stereocenters. The maximum Gasteiger partial charge on any atom is 0.0393 e. The minimum absolute atomic E-state index is 0.850. The van der Waals surface area contributed by atoms with Crippen molar-refractivity contribution in [3.63, 3.8) is 0 Å². The van der Waals surface area contributed by atoms with Gasteiger partial charge in [-0.1, -0.05) is 77.9 Å². The third kappa shape index (κ3) is 5.96. The lowest BCUT2D eigenvalue weighted by Gasteiger charge is -1.98. The minimum atomic E-state index is 0.850. The first-order valence-corrected chi connectivity index (χ1v) is 6.61. The largest absolute Gasteiger partial charge is 0.398 e. The molecule has 0 bridgehead atoms. The van der Waals surface area contributed by atoms with Crippen molar-refractivity contribution < 1.29 is 0 Å². The van der Waals surface area contributed by atoms with E-state index in [9.17, 15) is 0 Å². The fourth-order valence-electron chi connectivity index (χ4n) is 1.25. The molecule has 2 aromatic carbocycles. The van der Waals surface area contributed by atoms with Crippen LogP contribution in [0.4, 0.5) is 5.69 Å². The van der Waals surface area contributed by atoms with Gasteiger partial charge in [-0.2, -0.15) is 0 Å². The summed E-state index contributed by atoms with van der Waals surface area (Å²) in [6.45, 7) is 12.0. The monoisotopic (exact) mass is 233 g/mol. The summed E-state index contributed by atoms with van der Waals surface area (Å²) in [5, 5.41) is 2.34. The Bertz CT molecular complexity index is 375. The molecule has 0 fully saturated rings. The number of fused-ring (bicyclic) bond motifs is 1. The number of anilines is 1. The fourth-order valence-corrected chi connectivity index (χ4v) is 1.25. The maximum absolute atomic E-state index is 5.76. The van der Waals surface area contributed by atoms with Crippen LogP contribution in [0.1, 0.15) is 41.5 Å². The molecule has 0 atom stereocenters. The molecule has 1 heteroatoms. The van der Waals surface area contributed by atoms with Gasteiger partial charge in [0.15, 0.2) is 0 Å². The molecule has 0 radical (unpaired) electrons. The van der Waals surface area contributed by atoms with Gasteiger partial charge < -0.3 is 5.73 Å². The van der Waals surface area contributed by atoms with Gasteiger partial charge in [0.1, 0.15) is 0 Å². The van der Waals surface area contributed by atoms with E-state index in [0.717, 1.165) is 11.1 Å². The van der Waals surface area contributed by atoms with Crippen molar-refractivity contribution in [1.29, 1.82) is 0 Å². The summed E-state index contributed by atoms with van der Waals surface area (Å²) in [4.78, 5) is 0. The Labute approximate surface area is 107 Å². The van der Waals surface area contributed by atoms with E-state index >= 15 is 0 Å². The van der Waals surface area contributed by atoms with E-state index in [1.807, 2.05) is 71.9 Å². The summed E-state index contributed by atoms with van der Waals surface area (Å²) in [5.41, 5.74) is 6.61. The topological polar surface area (TPSA) is 26.0 Å². The molecular formula is C16H27N. The van der Waals surface area contributed by atoms with Crippen molar-refractivity contribution in [2.45, 2.75) is 41.5 Å². The van der Waals surface area contributed by atoms with Crippen LogP contribution in [0, 0.1) is 0 Å². The summed E-state index contributed by atoms with van der Waals surface area (Å²) in [5.74, 6) is 0. The highest BCUT2D eigenvalue weighted by atomic mass is 14.5. The average molecular weight is 233 g/mol. The van der Waals surface area contributed by atoms with Crippen LogP contribution in [-0.2, 0) is 0 Å². The highest BCUT2D eigenvalue weighted by Crippen LogP contribution is 2.19. The minimum Gasteiger partial charge on any atom is -0.398 e. The van der Waals surface area contributed by atoms with Gasteiger partial charge in [-0.05, 0) is 11.5 Å². The SMILES string of the molecule is CC.CC.CC.Nc1cccc2ccccc12. The van der Waals surface area contributed by atoms with E-state index in [0.29, 0.717) is 0 Å². The molecule has 0 aliphatic carbocycles. The third-order valence-corrected chi connectivity index (χ3v) is 1.82. The van der Waals surface area contributed by atoms with Crippen molar-refractivity contribution in [3.05, 3.63) is 42.5 Å². The van der Waals surface area contributed by atoms with Crippen molar-refractivity contribution in [2.24, 2.45) is 0 Å². The number of hydrogen-bond donors (Lipinski definition) is 1. The summed E-state index contributed by atoms with van der Waals surface area (Å²) in [6, 6.07) is 14.1. The van der Waals surface area contributed by atoms with Crippen molar-refractivity contribution in [1.82, 2.24) is 0 Å². The van der Waals surface area contributed by atoms with Crippen molar-refractivity contribution >= 4 is 16.5 Å². The molecule has 0 aliphatic heterocycles. The zero-order chi connectivity index (χ0) is 13.7. The van der Waals surface area contributed by atoms with Crippen LogP contribution in [0.2, 0.25) is 0 Å². The molecular weight excluding hydrogens is 206 g/mol. The molecule has 1 nitrogen and oxygen atoms in total. The molecule has 0 saturated heterocycles. The molecule has 0 aromatic heterocycles. The lowest BCUT2D eigenvalue weighted by atomic mass is 10.1. The lowest BCUT2D eigenvalue weighted by molar-refractivity contribution is 1.50. The first kappa shape index (κ1) is 17.9. The number of benzene rings is 2. The van der Waals surface area contributed by atoms with Crippen LogP contribution in [-0.4, -0.2) is 0 Å². The van der Waals surface area contributed by atoms with Crippen LogP contribution >= 0.6 is 0 Å². The van der Waals surface area contributed by atoms with Crippen molar-refractivity contribution in [2.75, 3.05) is 5.73 Å². The predicted molar refractivity (Wildman–Crippen MR) is 82.4 cm³/mol. The van der Waals surface area contributed by atoms with Gasteiger partial charge in [0, 0.05) is 11.1 Å². The van der Waals surface area contributed by atoms with Crippen molar-refractivity contribution in [3.8, 4) is 0 Å². The van der Waals surface area contributed by atoms with Crippen LogP contribution in [0.15, 0.2) is 42.5 Å². The number of nitrogen functional groups attached to an aromatic ring is 1. The molecule has 2 aromatic rings. The van der Waals surface area contributed by atoms with Gasteiger partial charge in [0.05, 0.1) is 0 Å². The molecule has 0 heterocycles. The molecule has 2 rings (SSSR count). The summed E-state index contributed by atoms with van der Waals surface area (Å²) in [6.07, 6.45) is 0. The Hall–Kier alpha value is -1.50. The van der Waals surface area contributed by atoms with E-state index in [1.54, 1.807) is 0 Å². The number of rotatable bonds is 0. The average Bonchev–Trinajstić information content (AvgIpc) is 2.46. The fraction of sp³-hybridized carbons (Fsp3) is 0.375. The van der Waals surface area contributed by atoms with E-state index in [4.69, 9.17) is 5.73 Å². The molecule has 0 saturated carbocycles. The lowest BCUT2D eigenvalue weighted by Crippen LogP contribution is -1.84. The van der Waals surface area contributed by atoms with Gasteiger partial charge in [-0.15, -0.1) is 0 Å². The summed E-state index contributed by atoms with van der Waals surface area (Å²) in [7, 11) is 0. The normalized spacial score (nSPS) is 7.65. The first-order chi connectivity index (χ1) is 8.38. The van der Waals surface area contributed by atoms with Crippen LogP contribution in [0.25, 0.3) is 10.8 Å². The number of hydrogen-bond acceptors (Lipinski definition) is 1. The molecule has 17 heavy (non-hydrogen) atoms. The molecule has 2 N–H and O–H groups in total. The van der Waals surface area contributed by atoms with E-state index < -0.39 is 0 Å². The van der Waals surface area contributed by atoms with E-state index in [1.165, 1.54) is 5.39 Å². The summed E-state index contributed by atoms with van der Waals surface area (Å²) < 4.78 is 0. The predicted octanol–water partition coefficient (Wildman–Crippen LogP) is 5.50. The number of nitrogens with two attached hydrogens (primary N) is 1. The third-order valence-electron chi connectivity index (χ3n) is 1.82. The van der Waals surface area contributed by atoms with Crippen LogP contribution in [0.5, 0.6) is 0 Å². The smallest absolute Gasteiger partial charge is 0.0393 e. The Balaban J connectivity index is 0. The Morgan fingerprint density at radius 1 is 0.647 bits per heavy atom. The molecule has 0 spiro atoms. The Morgan fingerprint density at radius 2 is 1.12 bits per heavy atom. The van der Waals surface area contributed by atoms with Gasteiger partial charge in [0.25, 0.3) is 0 Å². The molecule has 0 amide bonds. The zero-order valence-corrected chi connectivity index (χ0v) is 12.1. The van der Waals surface area contributed by atoms with Gasteiger partial charge in [-0.25, -0.2) is 0 Å². The molecule has 96 valence electrons. The van der Waals surface area contributed by atoms with Gasteiger partial charge >= 0.3 is 0 Å². The summed E-state index contributed by atoms with van der Waals surface area (Å²) >= 11 is 0. The maximum atomic E-state index is 5.76. The molecule has 0 aliphatic rings. The quantitative estimate of drug-likeness (QED) is 0.597. The van der Waals surface area contributed by atoms with Gasteiger partial charge in [0.2, 0.25) is 0 Å². The van der Waals surface area contributed by atoms with Crippen LogP contribution < -0.4 is 5.73 Å². The van der Waals surface area contributed by atoms with Crippen LogP contribution in [0.3, 0.4) is 0 Å².